The quantitative estimate of drug-likeness (QED) is 0.616. The molecule has 0 bridgehead atoms. The van der Waals surface area contributed by atoms with Crippen LogP contribution >= 0.6 is 11.6 Å². The summed E-state index contributed by atoms with van der Waals surface area (Å²) in [7, 11) is 0. The van der Waals surface area contributed by atoms with Crippen molar-refractivity contribution in [3.05, 3.63) is 24.1 Å². The molecule has 0 atom stereocenters. The molecule has 1 aromatic heterocycles. The van der Waals surface area contributed by atoms with Crippen LogP contribution in [0.3, 0.4) is 0 Å². The van der Waals surface area contributed by atoms with Gasteiger partial charge in [-0.1, -0.05) is 11.7 Å². The molecule has 0 amide bonds. The van der Waals surface area contributed by atoms with Crippen LogP contribution in [0.25, 0.3) is 5.57 Å². The Morgan fingerprint density at radius 2 is 2.60 bits per heavy atom. The summed E-state index contributed by atoms with van der Waals surface area (Å²) in [6.07, 6.45) is 1.63. The van der Waals surface area contributed by atoms with Gasteiger partial charge in [0.2, 0.25) is 0 Å². The first-order valence-electron chi connectivity index (χ1n) is 2.91. The Balaban J connectivity index is 2.93. The molecule has 54 valence electrons. The molecule has 1 heterocycles. The Morgan fingerprint density at radius 3 is 3.00 bits per heavy atom. The van der Waals surface area contributed by atoms with Crippen LogP contribution in [0.15, 0.2) is 17.3 Å². The monoisotopic (exact) mass is 157 g/mol. The van der Waals surface area contributed by atoms with Crippen LogP contribution in [0.2, 0.25) is 0 Å². The van der Waals surface area contributed by atoms with E-state index in [0.717, 1.165) is 16.9 Å². The SMILES string of the molecule is C=C(CCl)c1cnoc1C. The minimum atomic E-state index is 0.419. The van der Waals surface area contributed by atoms with Crippen molar-refractivity contribution < 1.29 is 4.52 Å². The van der Waals surface area contributed by atoms with E-state index in [4.69, 9.17) is 16.1 Å². The fourth-order valence-corrected chi connectivity index (χ4v) is 0.854. The molecule has 0 aromatic carbocycles. The molecular weight excluding hydrogens is 150 g/mol. The summed E-state index contributed by atoms with van der Waals surface area (Å²) >= 11 is 5.55. The molecule has 0 aliphatic rings. The van der Waals surface area contributed by atoms with Gasteiger partial charge in [-0.3, -0.25) is 0 Å². The first kappa shape index (κ1) is 7.35. The Labute approximate surface area is 64.5 Å². The molecule has 0 unspecified atom stereocenters. The van der Waals surface area contributed by atoms with E-state index in [1.807, 2.05) is 6.92 Å². The number of hydrogen-bond donors (Lipinski definition) is 0. The molecule has 0 spiro atoms. The maximum atomic E-state index is 5.55. The zero-order chi connectivity index (χ0) is 7.56. The van der Waals surface area contributed by atoms with Gasteiger partial charge in [0, 0.05) is 11.4 Å². The maximum absolute atomic E-state index is 5.55. The molecule has 0 aliphatic heterocycles. The van der Waals surface area contributed by atoms with Gasteiger partial charge in [-0.15, -0.1) is 11.6 Å². The van der Waals surface area contributed by atoms with Gasteiger partial charge in [0.1, 0.15) is 5.76 Å². The van der Waals surface area contributed by atoms with E-state index >= 15 is 0 Å². The second-order valence-electron chi connectivity index (χ2n) is 2.03. The number of rotatable bonds is 2. The van der Waals surface area contributed by atoms with E-state index in [9.17, 15) is 0 Å². The van der Waals surface area contributed by atoms with Gasteiger partial charge in [-0.2, -0.15) is 0 Å². The van der Waals surface area contributed by atoms with Crippen LogP contribution in [-0.2, 0) is 0 Å². The lowest BCUT2D eigenvalue weighted by Gasteiger charge is -1.94. The summed E-state index contributed by atoms with van der Waals surface area (Å²) in [5.41, 5.74) is 1.76. The van der Waals surface area contributed by atoms with E-state index < -0.39 is 0 Å². The standard InChI is InChI=1S/C7H8ClNO/c1-5(3-8)7-4-9-10-6(7)2/h4H,1,3H2,2H3. The van der Waals surface area contributed by atoms with Crippen LogP contribution in [0, 0.1) is 6.92 Å². The highest BCUT2D eigenvalue weighted by Crippen LogP contribution is 2.16. The second kappa shape index (κ2) is 2.88. The predicted molar refractivity (Wildman–Crippen MR) is 41.0 cm³/mol. The Bertz CT molecular complexity index is 242. The van der Waals surface area contributed by atoms with Crippen LogP contribution in [0.1, 0.15) is 11.3 Å². The van der Waals surface area contributed by atoms with E-state index in [1.54, 1.807) is 6.20 Å². The number of hydrogen-bond acceptors (Lipinski definition) is 2. The van der Waals surface area contributed by atoms with Crippen molar-refractivity contribution in [1.29, 1.82) is 0 Å². The van der Waals surface area contributed by atoms with Crippen molar-refractivity contribution >= 4 is 17.2 Å². The summed E-state index contributed by atoms with van der Waals surface area (Å²) in [4.78, 5) is 0. The Hall–Kier alpha value is -0.760. The molecule has 0 saturated carbocycles. The average Bonchev–Trinajstić information content (AvgIpc) is 2.34. The summed E-state index contributed by atoms with van der Waals surface area (Å²) in [5, 5.41) is 3.60. The van der Waals surface area contributed by atoms with Crippen LogP contribution < -0.4 is 0 Å². The second-order valence-corrected chi connectivity index (χ2v) is 2.30. The molecule has 0 aliphatic carbocycles. The average molecular weight is 158 g/mol. The highest BCUT2D eigenvalue weighted by molar-refractivity contribution is 6.23. The molecule has 0 saturated heterocycles. The third kappa shape index (κ3) is 1.21. The lowest BCUT2D eigenvalue weighted by atomic mass is 10.1. The highest BCUT2D eigenvalue weighted by Gasteiger charge is 2.04. The lowest BCUT2D eigenvalue weighted by molar-refractivity contribution is 0.397. The largest absolute Gasteiger partial charge is 0.361 e. The molecule has 2 nitrogen and oxygen atoms in total. The van der Waals surface area contributed by atoms with E-state index in [0.29, 0.717) is 5.88 Å². The molecule has 0 N–H and O–H groups in total. The number of aromatic nitrogens is 1. The molecule has 1 rings (SSSR count). The maximum Gasteiger partial charge on any atom is 0.141 e. The van der Waals surface area contributed by atoms with Crippen LogP contribution in [0.4, 0.5) is 0 Å². The van der Waals surface area contributed by atoms with Crippen molar-refractivity contribution in [1.82, 2.24) is 5.16 Å². The number of allylic oxidation sites excluding steroid dienone is 1. The summed E-state index contributed by atoms with van der Waals surface area (Å²) < 4.78 is 4.82. The predicted octanol–water partition coefficient (Wildman–Crippen LogP) is 2.24. The van der Waals surface area contributed by atoms with Gasteiger partial charge in [0.15, 0.2) is 0 Å². The fourth-order valence-electron chi connectivity index (χ4n) is 0.710. The molecule has 10 heavy (non-hydrogen) atoms. The van der Waals surface area contributed by atoms with Crippen molar-refractivity contribution in [2.24, 2.45) is 0 Å². The fraction of sp³-hybridized carbons (Fsp3) is 0.286. The first-order chi connectivity index (χ1) is 4.75. The van der Waals surface area contributed by atoms with Crippen LogP contribution in [0.5, 0.6) is 0 Å². The Kier molecular flexibility index (Phi) is 2.12. The molecule has 0 fully saturated rings. The molecule has 3 heteroatoms. The third-order valence-corrected chi connectivity index (χ3v) is 1.62. The van der Waals surface area contributed by atoms with Gasteiger partial charge >= 0.3 is 0 Å². The summed E-state index contributed by atoms with van der Waals surface area (Å²) in [5.74, 6) is 1.19. The van der Waals surface area contributed by atoms with Gasteiger partial charge in [0.25, 0.3) is 0 Å². The normalized spacial score (nSPS) is 9.80. The Morgan fingerprint density at radius 1 is 1.90 bits per heavy atom. The van der Waals surface area contributed by atoms with Crippen molar-refractivity contribution in [3.8, 4) is 0 Å². The van der Waals surface area contributed by atoms with Gasteiger partial charge in [-0.25, -0.2) is 0 Å². The van der Waals surface area contributed by atoms with Gasteiger partial charge < -0.3 is 4.52 Å². The summed E-state index contributed by atoms with van der Waals surface area (Å²) in [6.45, 7) is 5.58. The van der Waals surface area contributed by atoms with Crippen molar-refractivity contribution in [2.45, 2.75) is 6.92 Å². The smallest absolute Gasteiger partial charge is 0.141 e. The van der Waals surface area contributed by atoms with Gasteiger partial charge in [-0.05, 0) is 12.5 Å². The first-order valence-corrected chi connectivity index (χ1v) is 3.44. The third-order valence-electron chi connectivity index (χ3n) is 1.29. The zero-order valence-corrected chi connectivity index (χ0v) is 6.48. The van der Waals surface area contributed by atoms with E-state index in [2.05, 4.69) is 11.7 Å². The van der Waals surface area contributed by atoms with Gasteiger partial charge in [0.05, 0.1) is 6.20 Å². The van der Waals surface area contributed by atoms with Crippen molar-refractivity contribution in [3.63, 3.8) is 0 Å². The number of alkyl halides is 1. The van der Waals surface area contributed by atoms with Crippen molar-refractivity contribution in [2.75, 3.05) is 5.88 Å². The minimum Gasteiger partial charge on any atom is -0.361 e. The van der Waals surface area contributed by atoms with Crippen LogP contribution in [-0.4, -0.2) is 11.0 Å². The number of nitrogens with zero attached hydrogens (tertiary/aromatic N) is 1. The summed E-state index contributed by atoms with van der Waals surface area (Å²) in [6, 6.07) is 0. The van der Waals surface area contributed by atoms with E-state index in [1.165, 1.54) is 0 Å². The number of halogens is 1. The highest BCUT2D eigenvalue weighted by atomic mass is 35.5. The number of aryl methyl sites for hydroxylation is 1. The minimum absolute atomic E-state index is 0.419. The molecule has 1 aromatic rings. The zero-order valence-electron chi connectivity index (χ0n) is 5.72. The topological polar surface area (TPSA) is 26.0 Å². The lowest BCUT2D eigenvalue weighted by Crippen LogP contribution is -1.82. The van der Waals surface area contributed by atoms with E-state index in [-0.39, 0.29) is 0 Å². The molecule has 0 radical (unpaired) electrons. The molecular formula is C7H8ClNO.